The van der Waals surface area contributed by atoms with E-state index in [0.717, 1.165) is 9.87 Å². The van der Waals surface area contributed by atoms with E-state index in [4.69, 9.17) is 5.73 Å². The van der Waals surface area contributed by atoms with Gasteiger partial charge in [0, 0.05) is 11.0 Å². The van der Waals surface area contributed by atoms with Crippen molar-refractivity contribution in [2.24, 2.45) is 11.7 Å². The maximum absolute atomic E-state index is 12.6. The predicted octanol–water partition coefficient (Wildman–Crippen LogP) is 1.89. The van der Waals surface area contributed by atoms with Crippen molar-refractivity contribution in [2.75, 3.05) is 13.1 Å². The minimum absolute atomic E-state index is 0.0911. The smallest absolute Gasteiger partial charge is 0.244 e. The minimum atomic E-state index is -3.75. The molecule has 0 saturated heterocycles. The molecule has 20 heavy (non-hydrogen) atoms. The summed E-state index contributed by atoms with van der Waals surface area (Å²) in [6.07, 6.45) is 0. The number of sulfonamides is 1. The number of primary amides is 1. The Hall–Kier alpha value is -0.920. The molecule has 1 rings (SSSR count). The predicted molar refractivity (Wildman–Crippen MR) is 81.7 cm³/mol. The molecule has 0 bridgehead atoms. The number of hydrogen-bond donors (Lipinski definition) is 1. The van der Waals surface area contributed by atoms with Gasteiger partial charge in [-0.05, 0) is 46.5 Å². The molecule has 0 radical (unpaired) electrons. The number of halogens is 1. The van der Waals surface area contributed by atoms with Crippen LogP contribution in [0.5, 0.6) is 0 Å². The largest absolute Gasteiger partial charge is 0.369 e. The number of amides is 1. The van der Waals surface area contributed by atoms with Crippen LogP contribution in [0, 0.1) is 12.8 Å². The van der Waals surface area contributed by atoms with Crippen molar-refractivity contribution in [1.82, 2.24) is 4.31 Å². The molecule has 0 spiro atoms. The van der Waals surface area contributed by atoms with E-state index >= 15 is 0 Å². The lowest BCUT2D eigenvalue weighted by Gasteiger charge is -2.23. The third-order valence-electron chi connectivity index (χ3n) is 2.61. The van der Waals surface area contributed by atoms with Gasteiger partial charge in [-0.1, -0.05) is 19.9 Å². The highest BCUT2D eigenvalue weighted by molar-refractivity contribution is 9.10. The quantitative estimate of drug-likeness (QED) is 0.838. The minimum Gasteiger partial charge on any atom is -0.369 e. The summed E-state index contributed by atoms with van der Waals surface area (Å²) < 4.78 is 26.8. The number of benzene rings is 1. The van der Waals surface area contributed by atoms with E-state index in [-0.39, 0.29) is 23.9 Å². The van der Waals surface area contributed by atoms with Gasteiger partial charge in [0.1, 0.15) is 0 Å². The summed E-state index contributed by atoms with van der Waals surface area (Å²) >= 11 is 3.26. The lowest BCUT2D eigenvalue weighted by Crippen LogP contribution is -2.40. The molecule has 0 atom stereocenters. The molecule has 112 valence electrons. The van der Waals surface area contributed by atoms with Crippen molar-refractivity contribution >= 4 is 31.9 Å². The summed E-state index contributed by atoms with van der Waals surface area (Å²) in [4.78, 5) is 11.3. The van der Waals surface area contributed by atoms with Crippen LogP contribution in [0.15, 0.2) is 27.6 Å². The molecule has 1 amide bonds. The van der Waals surface area contributed by atoms with Crippen LogP contribution < -0.4 is 5.73 Å². The second kappa shape index (κ2) is 6.69. The first-order valence-corrected chi connectivity index (χ1v) is 8.42. The number of nitrogens with two attached hydrogens (primary N) is 1. The molecular weight excluding hydrogens is 344 g/mol. The summed E-state index contributed by atoms with van der Waals surface area (Å²) in [5, 5.41) is 0. The van der Waals surface area contributed by atoms with Crippen molar-refractivity contribution in [2.45, 2.75) is 25.7 Å². The van der Waals surface area contributed by atoms with Crippen LogP contribution in [0.2, 0.25) is 0 Å². The molecule has 0 unspecified atom stereocenters. The van der Waals surface area contributed by atoms with Crippen LogP contribution in [-0.4, -0.2) is 31.7 Å². The molecule has 5 nitrogen and oxygen atoms in total. The van der Waals surface area contributed by atoms with Gasteiger partial charge in [-0.25, -0.2) is 8.42 Å². The van der Waals surface area contributed by atoms with Gasteiger partial charge in [-0.3, -0.25) is 4.79 Å². The van der Waals surface area contributed by atoms with Crippen LogP contribution >= 0.6 is 15.9 Å². The highest BCUT2D eigenvalue weighted by atomic mass is 79.9. The number of carbonyl (C=O) groups is 1. The van der Waals surface area contributed by atoms with E-state index in [1.54, 1.807) is 12.1 Å². The van der Waals surface area contributed by atoms with Crippen LogP contribution in [0.3, 0.4) is 0 Å². The standard InChI is InChI=1S/C13H19BrN2O3S/c1-9(2)7-16(8-13(15)17)20(18,19)12-5-4-10(3)6-11(12)14/h4-6,9H,7-8H2,1-3H3,(H2,15,17). The van der Waals surface area contributed by atoms with Gasteiger partial charge in [0.05, 0.1) is 11.4 Å². The molecule has 7 heteroatoms. The lowest BCUT2D eigenvalue weighted by molar-refractivity contribution is -0.118. The van der Waals surface area contributed by atoms with Crippen molar-refractivity contribution in [3.8, 4) is 0 Å². The first-order chi connectivity index (χ1) is 9.14. The van der Waals surface area contributed by atoms with Crippen LogP contribution in [-0.2, 0) is 14.8 Å². The zero-order chi connectivity index (χ0) is 15.5. The zero-order valence-corrected chi connectivity index (χ0v) is 14.2. The molecule has 0 aromatic heterocycles. The number of nitrogens with zero attached hydrogens (tertiary/aromatic N) is 1. The Morgan fingerprint density at radius 3 is 2.45 bits per heavy atom. The Balaban J connectivity index is 3.24. The third-order valence-corrected chi connectivity index (χ3v) is 5.39. The van der Waals surface area contributed by atoms with Crippen molar-refractivity contribution < 1.29 is 13.2 Å². The molecule has 1 aromatic carbocycles. The van der Waals surface area contributed by atoms with E-state index < -0.39 is 15.9 Å². The Morgan fingerprint density at radius 2 is 2.00 bits per heavy atom. The molecule has 0 aliphatic heterocycles. The lowest BCUT2D eigenvalue weighted by atomic mass is 10.2. The molecule has 0 fully saturated rings. The molecular formula is C13H19BrN2O3S. The second-order valence-electron chi connectivity index (χ2n) is 5.09. The van der Waals surface area contributed by atoms with Crippen molar-refractivity contribution in [1.29, 1.82) is 0 Å². The van der Waals surface area contributed by atoms with E-state index in [2.05, 4.69) is 15.9 Å². The fourth-order valence-electron chi connectivity index (χ4n) is 1.78. The Morgan fingerprint density at radius 1 is 1.40 bits per heavy atom. The highest BCUT2D eigenvalue weighted by Gasteiger charge is 2.28. The Kier molecular flexibility index (Phi) is 5.73. The summed E-state index contributed by atoms with van der Waals surface area (Å²) in [5.41, 5.74) is 6.09. The maximum Gasteiger partial charge on any atom is 0.244 e. The summed E-state index contributed by atoms with van der Waals surface area (Å²) in [6.45, 7) is 5.56. The van der Waals surface area contributed by atoms with Gasteiger partial charge < -0.3 is 5.73 Å². The molecule has 0 saturated carbocycles. The van der Waals surface area contributed by atoms with Gasteiger partial charge in [0.2, 0.25) is 15.9 Å². The first kappa shape index (κ1) is 17.1. The molecule has 1 aromatic rings. The monoisotopic (exact) mass is 362 g/mol. The zero-order valence-electron chi connectivity index (χ0n) is 11.8. The van der Waals surface area contributed by atoms with Gasteiger partial charge >= 0.3 is 0 Å². The summed E-state index contributed by atoms with van der Waals surface area (Å²) in [7, 11) is -3.75. The van der Waals surface area contributed by atoms with E-state index in [1.165, 1.54) is 6.07 Å². The van der Waals surface area contributed by atoms with Crippen LogP contribution in [0.25, 0.3) is 0 Å². The number of rotatable bonds is 6. The van der Waals surface area contributed by atoms with Crippen LogP contribution in [0.1, 0.15) is 19.4 Å². The molecule has 2 N–H and O–H groups in total. The van der Waals surface area contributed by atoms with Gasteiger partial charge in [0.25, 0.3) is 0 Å². The average molecular weight is 363 g/mol. The normalized spacial score (nSPS) is 12.1. The summed E-state index contributed by atoms with van der Waals surface area (Å²) in [6, 6.07) is 4.98. The van der Waals surface area contributed by atoms with E-state index in [0.29, 0.717) is 4.47 Å². The molecule has 0 aliphatic rings. The summed E-state index contributed by atoms with van der Waals surface area (Å²) in [5.74, 6) is -0.578. The number of hydrogen-bond acceptors (Lipinski definition) is 3. The average Bonchev–Trinajstić information content (AvgIpc) is 2.26. The topological polar surface area (TPSA) is 80.5 Å². The van der Waals surface area contributed by atoms with Gasteiger partial charge in [-0.2, -0.15) is 4.31 Å². The maximum atomic E-state index is 12.6. The first-order valence-electron chi connectivity index (χ1n) is 6.19. The van der Waals surface area contributed by atoms with Gasteiger partial charge in [-0.15, -0.1) is 0 Å². The number of carbonyl (C=O) groups excluding carboxylic acids is 1. The molecule has 0 aliphatic carbocycles. The number of aryl methyl sites for hydroxylation is 1. The SMILES string of the molecule is Cc1ccc(S(=O)(=O)N(CC(N)=O)CC(C)C)c(Br)c1. The highest BCUT2D eigenvalue weighted by Crippen LogP contribution is 2.26. The van der Waals surface area contributed by atoms with Gasteiger partial charge in [0.15, 0.2) is 0 Å². The van der Waals surface area contributed by atoms with Crippen LogP contribution in [0.4, 0.5) is 0 Å². The second-order valence-corrected chi connectivity index (χ2v) is 7.85. The fraction of sp³-hybridized carbons (Fsp3) is 0.462. The van der Waals surface area contributed by atoms with Crippen molar-refractivity contribution in [3.05, 3.63) is 28.2 Å². The Bertz CT molecular complexity index is 600. The van der Waals surface area contributed by atoms with Crippen molar-refractivity contribution in [3.63, 3.8) is 0 Å². The third kappa shape index (κ3) is 4.29. The van der Waals surface area contributed by atoms with E-state index in [9.17, 15) is 13.2 Å². The Labute approximate surface area is 128 Å². The molecule has 0 heterocycles. The fourth-order valence-corrected chi connectivity index (χ4v) is 4.50. The van der Waals surface area contributed by atoms with E-state index in [1.807, 2.05) is 20.8 Å².